The summed E-state index contributed by atoms with van der Waals surface area (Å²) in [5, 5.41) is 4.12. The molecule has 2 aliphatic rings. The lowest BCUT2D eigenvalue weighted by molar-refractivity contribution is -0.00959. The van der Waals surface area contributed by atoms with Crippen LogP contribution >= 0.6 is 11.6 Å². The van der Waals surface area contributed by atoms with Gasteiger partial charge < -0.3 is 10.1 Å². The van der Waals surface area contributed by atoms with Gasteiger partial charge >= 0.3 is 0 Å². The van der Waals surface area contributed by atoms with E-state index in [1.54, 1.807) is 24.3 Å². The predicted molar refractivity (Wildman–Crippen MR) is 90.0 cm³/mol. The summed E-state index contributed by atoms with van der Waals surface area (Å²) in [4.78, 5) is 12.3. The lowest BCUT2D eigenvalue weighted by Crippen LogP contribution is -2.37. The van der Waals surface area contributed by atoms with Crippen LogP contribution in [0.3, 0.4) is 0 Å². The maximum absolute atomic E-state index is 12.3. The zero-order chi connectivity index (χ0) is 15.9. The molecule has 2 bridgehead atoms. The molecule has 3 nitrogen and oxygen atoms in total. The largest absolute Gasteiger partial charge is 0.367 e. The minimum absolute atomic E-state index is 0.104. The third kappa shape index (κ3) is 2.80. The third-order valence-corrected chi connectivity index (χ3v) is 5.08. The molecule has 23 heavy (non-hydrogen) atoms. The molecule has 0 radical (unpaired) electrons. The minimum atomic E-state index is -0.163. The molecule has 0 aromatic heterocycles. The van der Waals surface area contributed by atoms with Crippen LogP contribution in [0.15, 0.2) is 48.5 Å². The molecular formula is C19H18ClNO2. The van der Waals surface area contributed by atoms with Crippen molar-refractivity contribution in [2.45, 2.75) is 24.5 Å². The topological polar surface area (TPSA) is 38.3 Å². The van der Waals surface area contributed by atoms with Crippen molar-refractivity contribution in [2.24, 2.45) is 0 Å². The van der Waals surface area contributed by atoms with Crippen LogP contribution in [-0.2, 0) is 16.8 Å². The zero-order valence-electron chi connectivity index (χ0n) is 12.7. The first-order valence-electron chi connectivity index (χ1n) is 7.90. The number of ether oxygens (including phenoxy) is 1. The van der Waals surface area contributed by atoms with Crippen LogP contribution in [0.5, 0.6) is 0 Å². The average molecular weight is 328 g/mol. The number of rotatable bonds is 4. The highest BCUT2D eigenvalue weighted by molar-refractivity contribution is 6.30. The Morgan fingerprint density at radius 1 is 1.17 bits per heavy atom. The van der Waals surface area contributed by atoms with Gasteiger partial charge in [0.2, 0.25) is 0 Å². The number of Topliss-reactive ketones (excluding diaryl/α,β-unsaturated/α-hetero) is 1. The van der Waals surface area contributed by atoms with Crippen LogP contribution < -0.4 is 5.32 Å². The van der Waals surface area contributed by atoms with Crippen LogP contribution in [0.1, 0.15) is 27.9 Å². The normalized spacial score (nSPS) is 25.7. The van der Waals surface area contributed by atoms with Crippen LogP contribution in [0.25, 0.3) is 0 Å². The molecule has 2 atom stereocenters. The lowest BCUT2D eigenvalue weighted by atomic mass is 9.91. The van der Waals surface area contributed by atoms with E-state index in [0.29, 0.717) is 23.0 Å². The first kappa shape index (κ1) is 14.9. The zero-order valence-corrected chi connectivity index (χ0v) is 13.5. The number of ketones is 1. The molecule has 4 heteroatoms. The van der Waals surface area contributed by atoms with Crippen LogP contribution in [-0.4, -0.2) is 25.0 Å². The third-order valence-electron chi connectivity index (χ3n) is 4.82. The van der Waals surface area contributed by atoms with Crippen molar-refractivity contribution in [3.63, 3.8) is 0 Å². The van der Waals surface area contributed by atoms with E-state index in [-0.39, 0.29) is 11.4 Å². The molecule has 0 spiro atoms. The van der Waals surface area contributed by atoms with Crippen molar-refractivity contribution >= 4 is 17.4 Å². The number of fused-ring (bicyclic) bond motifs is 2. The molecule has 2 heterocycles. The highest BCUT2D eigenvalue weighted by Gasteiger charge is 2.47. The molecule has 1 N–H and O–H groups in total. The quantitative estimate of drug-likeness (QED) is 0.875. The van der Waals surface area contributed by atoms with E-state index >= 15 is 0 Å². The summed E-state index contributed by atoms with van der Waals surface area (Å²) >= 11 is 5.86. The molecule has 0 aliphatic carbocycles. The van der Waals surface area contributed by atoms with E-state index in [4.69, 9.17) is 16.3 Å². The number of hydrogen-bond donors (Lipinski definition) is 1. The van der Waals surface area contributed by atoms with Crippen molar-refractivity contribution in [2.75, 3.05) is 13.2 Å². The number of carbonyl (C=O) groups is 1. The average Bonchev–Trinajstić information content (AvgIpc) is 3.18. The highest BCUT2D eigenvalue weighted by Crippen LogP contribution is 2.40. The van der Waals surface area contributed by atoms with Gasteiger partial charge in [0.05, 0.1) is 6.61 Å². The van der Waals surface area contributed by atoms with Gasteiger partial charge in [0.1, 0.15) is 5.60 Å². The Morgan fingerprint density at radius 3 is 2.48 bits per heavy atom. The second kappa shape index (κ2) is 5.75. The van der Waals surface area contributed by atoms with Crippen LogP contribution in [0.4, 0.5) is 0 Å². The summed E-state index contributed by atoms with van der Waals surface area (Å²) in [6.07, 6.45) is 1.44. The molecule has 2 aromatic rings. The number of hydrogen-bond acceptors (Lipinski definition) is 3. The van der Waals surface area contributed by atoms with Gasteiger partial charge in [0.25, 0.3) is 0 Å². The standard InChI is InChI=1S/C19H18ClNO2/c20-16-7-3-14(4-8-16)18(22)9-13-1-5-15(6-2-13)19-10-17(11-23-19)21-12-19/h1-8,17,21H,9-12H2/t17-,19-/m0/s1. The molecule has 0 saturated carbocycles. The van der Waals surface area contributed by atoms with Gasteiger partial charge in [-0.25, -0.2) is 0 Å². The van der Waals surface area contributed by atoms with Crippen molar-refractivity contribution in [3.05, 3.63) is 70.2 Å². The van der Waals surface area contributed by atoms with Gasteiger partial charge in [-0.1, -0.05) is 35.9 Å². The van der Waals surface area contributed by atoms with Gasteiger partial charge in [-0.05, 0) is 41.8 Å². The number of morpholine rings is 1. The molecular weight excluding hydrogens is 310 g/mol. The van der Waals surface area contributed by atoms with E-state index in [9.17, 15) is 4.79 Å². The summed E-state index contributed by atoms with van der Waals surface area (Å²) in [5.41, 5.74) is 2.75. The smallest absolute Gasteiger partial charge is 0.167 e. The van der Waals surface area contributed by atoms with Crippen molar-refractivity contribution in [1.29, 1.82) is 0 Å². The van der Waals surface area contributed by atoms with Gasteiger partial charge in [-0.3, -0.25) is 4.79 Å². The van der Waals surface area contributed by atoms with Gasteiger partial charge in [-0.15, -0.1) is 0 Å². The minimum Gasteiger partial charge on any atom is -0.367 e. The fourth-order valence-corrected chi connectivity index (χ4v) is 3.62. The number of nitrogens with one attached hydrogen (secondary N) is 1. The Labute approximate surface area is 140 Å². The second-order valence-electron chi connectivity index (χ2n) is 6.39. The molecule has 4 rings (SSSR count). The SMILES string of the molecule is O=C(Cc1ccc([C@]23CN[C@H](CO2)C3)cc1)c1ccc(Cl)cc1. The van der Waals surface area contributed by atoms with E-state index in [2.05, 4.69) is 17.4 Å². The summed E-state index contributed by atoms with van der Waals surface area (Å²) < 4.78 is 5.99. The Balaban J connectivity index is 1.48. The fourth-order valence-electron chi connectivity index (χ4n) is 3.49. The Hall–Kier alpha value is -1.68. The lowest BCUT2D eigenvalue weighted by Gasteiger charge is -2.27. The monoisotopic (exact) mass is 327 g/mol. The highest BCUT2D eigenvalue weighted by atomic mass is 35.5. The first-order chi connectivity index (χ1) is 11.1. The molecule has 118 valence electrons. The van der Waals surface area contributed by atoms with Crippen LogP contribution in [0, 0.1) is 0 Å². The molecule has 2 aliphatic heterocycles. The van der Waals surface area contributed by atoms with E-state index in [1.165, 1.54) is 5.56 Å². The Morgan fingerprint density at radius 2 is 1.91 bits per heavy atom. The van der Waals surface area contributed by atoms with Gasteiger partial charge in [-0.2, -0.15) is 0 Å². The van der Waals surface area contributed by atoms with Crippen molar-refractivity contribution in [1.82, 2.24) is 5.32 Å². The maximum Gasteiger partial charge on any atom is 0.167 e. The van der Waals surface area contributed by atoms with E-state index in [1.807, 2.05) is 12.1 Å². The van der Waals surface area contributed by atoms with Crippen molar-refractivity contribution in [3.8, 4) is 0 Å². The number of carbonyl (C=O) groups excluding carboxylic acids is 1. The molecule has 2 fully saturated rings. The van der Waals surface area contributed by atoms with Crippen LogP contribution in [0.2, 0.25) is 5.02 Å². The molecule has 2 aromatic carbocycles. The van der Waals surface area contributed by atoms with Gasteiger partial charge in [0, 0.05) is 29.6 Å². The van der Waals surface area contributed by atoms with Crippen molar-refractivity contribution < 1.29 is 9.53 Å². The van der Waals surface area contributed by atoms with E-state index < -0.39 is 0 Å². The fraction of sp³-hybridized carbons (Fsp3) is 0.316. The summed E-state index contributed by atoms with van der Waals surface area (Å²) in [5.74, 6) is 0.104. The van der Waals surface area contributed by atoms with E-state index in [0.717, 1.165) is 25.1 Å². The summed E-state index contributed by atoms with van der Waals surface area (Å²) in [6, 6.07) is 15.8. The second-order valence-corrected chi connectivity index (χ2v) is 6.83. The molecule has 0 amide bonds. The first-order valence-corrected chi connectivity index (χ1v) is 8.28. The van der Waals surface area contributed by atoms with Gasteiger partial charge in [0.15, 0.2) is 5.78 Å². The molecule has 2 saturated heterocycles. The summed E-state index contributed by atoms with van der Waals surface area (Å²) in [6.45, 7) is 1.66. The summed E-state index contributed by atoms with van der Waals surface area (Å²) in [7, 11) is 0. The molecule has 0 unspecified atom stereocenters. The number of halogens is 1. The predicted octanol–water partition coefficient (Wildman–Crippen LogP) is 3.35. The Bertz CT molecular complexity index is 716. The Kier molecular flexibility index (Phi) is 3.72. The maximum atomic E-state index is 12.3. The number of benzene rings is 2.